The topological polar surface area (TPSA) is 67.2 Å². The van der Waals surface area contributed by atoms with Crippen LogP contribution < -0.4 is 5.32 Å². The zero-order valence-electron chi connectivity index (χ0n) is 9.10. The molecular formula is C10H17N3O2. The van der Waals surface area contributed by atoms with Gasteiger partial charge in [-0.15, -0.1) is 0 Å². The summed E-state index contributed by atoms with van der Waals surface area (Å²) in [6.07, 6.45) is 4.62. The number of carbonyl (C=O) groups is 1. The lowest BCUT2D eigenvalue weighted by molar-refractivity contribution is -0.137. The second-order valence-corrected chi connectivity index (χ2v) is 3.55. The van der Waals surface area contributed by atoms with Crippen LogP contribution in [0, 0.1) is 0 Å². The average Bonchev–Trinajstić information content (AvgIpc) is 2.58. The third kappa shape index (κ3) is 3.71. The Hall–Kier alpha value is -1.36. The van der Waals surface area contributed by atoms with Gasteiger partial charge in [0.05, 0.1) is 12.6 Å². The maximum absolute atomic E-state index is 10.7. The molecule has 0 amide bonds. The van der Waals surface area contributed by atoms with E-state index in [1.807, 2.05) is 20.2 Å². The van der Waals surface area contributed by atoms with Crippen LogP contribution in [0.2, 0.25) is 0 Å². The Kier molecular flexibility index (Phi) is 4.30. The SMILES string of the molecule is CCCNC(CC(=O)O)c1cnn(C)c1. The molecule has 0 saturated heterocycles. The molecule has 0 aliphatic carbocycles. The van der Waals surface area contributed by atoms with Crippen molar-refractivity contribution in [3.63, 3.8) is 0 Å². The molecule has 1 unspecified atom stereocenters. The molecule has 2 N–H and O–H groups in total. The summed E-state index contributed by atoms with van der Waals surface area (Å²) in [5.41, 5.74) is 0.924. The maximum Gasteiger partial charge on any atom is 0.305 e. The van der Waals surface area contributed by atoms with Crippen LogP contribution in [0.1, 0.15) is 31.4 Å². The molecule has 1 atom stereocenters. The van der Waals surface area contributed by atoms with E-state index in [2.05, 4.69) is 10.4 Å². The van der Waals surface area contributed by atoms with Gasteiger partial charge in [-0.05, 0) is 13.0 Å². The first-order valence-electron chi connectivity index (χ1n) is 5.07. The van der Waals surface area contributed by atoms with E-state index in [1.54, 1.807) is 10.9 Å². The smallest absolute Gasteiger partial charge is 0.305 e. The lowest BCUT2D eigenvalue weighted by atomic mass is 10.1. The summed E-state index contributed by atoms with van der Waals surface area (Å²) in [5.74, 6) is -0.799. The van der Waals surface area contributed by atoms with Gasteiger partial charge in [-0.3, -0.25) is 9.48 Å². The molecular weight excluding hydrogens is 194 g/mol. The Labute approximate surface area is 89.1 Å². The van der Waals surface area contributed by atoms with E-state index in [1.165, 1.54) is 0 Å². The summed E-state index contributed by atoms with van der Waals surface area (Å²) >= 11 is 0. The van der Waals surface area contributed by atoms with Gasteiger partial charge in [0.2, 0.25) is 0 Å². The van der Waals surface area contributed by atoms with Crippen LogP contribution in [-0.4, -0.2) is 27.4 Å². The molecule has 5 nitrogen and oxygen atoms in total. The second kappa shape index (κ2) is 5.50. The highest BCUT2D eigenvalue weighted by Crippen LogP contribution is 2.15. The van der Waals surface area contributed by atoms with Gasteiger partial charge in [0, 0.05) is 24.8 Å². The van der Waals surface area contributed by atoms with Gasteiger partial charge in [-0.2, -0.15) is 5.10 Å². The highest BCUT2D eigenvalue weighted by molar-refractivity contribution is 5.67. The van der Waals surface area contributed by atoms with Crippen molar-refractivity contribution in [2.45, 2.75) is 25.8 Å². The molecule has 0 bridgehead atoms. The third-order valence-corrected chi connectivity index (χ3v) is 2.15. The van der Waals surface area contributed by atoms with Crippen LogP contribution in [0.5, 0.6) is 0 Å². The Morgan fingerprint density at radius 3 is 2.93 bits per heavy atom. The van der Waals surface area contributed by atoms with Crippen molar-refractivity contribution in [3.05, 3.63) is 18.0 Å². The zero-order chi connectivity index (χ0) is 11.3. The number of hydrogen-bond acceptors (Lipinski definition) is 3. The average molecular weight is 211 g/mol. The molecule has 1 rings (SSSR count). The molecule has 0 fully saturated rings. The monoisotopic (exact) mass is 211 g/mol. The Morgan fingerprint density at radius 1 is 1.73 bits per heavy atom. The van der Waals surface area contributed by atoms with Gasteiger partial charge in [0.15, 0.2) is 0 Å². The number of aromatic nitrogens is 2. The quantitative estimate of drug-likeness (QED) is 0.734. The Balaban J connectivity index is 2.66. The first-order chi connectivity index (χ1) is 7.13. The fourth-order valence-corrected chi connectivity index (χ4v) is 1.42. The Morgan fingerprint density at radius 2 is 2.47 bits per heavy atom. The summed E-state index contributed by atoms with van der Waals surface area (Å²) < 4.78 is 1.68. The predicted octanol–water partition coefficient (Wildman–Crippen LogP) is 0.935. The van der Waals surface area contributed by atoms with E-state index in [0.29, 0.717) is 0 Å². The van der Waals surface area contributed by atoms with E-state index >= 15 is 0 Å². The molecule has 0 saturated carbocycles. The van der Waals surface area contributed by atoms with E-state index in [-0.39, 0.29) is 12.5 Å². The zero-order valence-corrected chi connectivity index (χ0v) is 9.10. The highest BCUT2D eigenvalue weighted by Gasteiger charge is 2.15. The third-order valence-electron chi connectivity index (χ3n) is 2.15. The number of carboxylic acids is 1. The highest BCUT2D eigenvalue weighted by atomic mass is 16.4. The molecule has 0 aliphatic heterocycles. The predicted molar refractivity (Wildman–Crippen MR) is 56.5 cm³/mol. The van der Waals surface area contributed by atoms with Crippen molar-refractivity contribution >= 4 is 5.97 Å². The number of nitrogens with one attached hydrogen (secondary N) is 1. The van der Waals surface area contributed by atoms with Crippen molar-refractivity contribution in [3.8, 4) is 0 Å². The van der Waals surface area contributed by atoms with Crippen LogP contribution in [0.4, 0.5) is 0 Å². The normalized spacial score (nSPS) is 12.7. The minimum atomic E-state index is -0.799. The van der Waals surface area contributed by atoms with Gasteiger partial charge in [-0.1, -0.05) is 6.92 Å². The van der Waals surface area contributed by atoms with Crippen LogP contribution >= 0.6 is 0 Å². The summed E-state index contributed by atoms with van der Waals surface area (Å²) in [6, 6.07) is -0.142. The van der Waals surface area contributed by atoms with Gasteiger partial charge >= 0.3 is 5.97 Å². The Bertz CT molecular complexity index is 322. The number of aliphatic carboxylic acids is 1. The first kappa shape index (κ1) is 11.7. The number of rotatable bonds is 6. The largest absolute Gasteiger partial charge is 0.481 e. The van der Waals surface area contributed by atoms with Crippen LogP contribution in [0.15, 0.2) is 12.4 Å². The summed E-state index contributed by atoms with van der Waals surface area (Å²) in [7, 11) is 1.82. The molecule has 0 spiro atoms. The number of hydrogen-bond donors (Lipinski definition) is 2. The van der Waals surface area contributed by atoms with Crippen molar-refractivity contribution in [1.82, 2.24) is 15.1 Å². The summed E-state index contributed by atoms with van der Waals surface area (Å²) in [5, 5.41) is 16.0. The van der Waals surface area contributed by atoms with Crippen LogP contribution in [0.25, 0.3) is 0 Å². The fourth-order valence-electron chi connectivity index (χ4n) is 1.42. The summed E-state index contributed by atoms with van der Waals surface area (Å²) in [6.45, 7) is 2.86. The van der Waals surface area contributed by atoms with E-state index in [0.717, 1.165) is 18.5 Å². The van der Waals surface area contributed by atoms with Crippen LogP contribution in [-0.2, 0) is 11.8 Å². The standard InChI is InChI=1S/C10H17N3O2/c1-3-4-11-9(5-10(14)15)8-6-12-13(2)7-8/h6-7,9,11H,3-5H2,1-2H3,(H,14,15). The number of carboxylic acid groups (broad SMARTS) is 1. The molecule has 1 heterocycles. The molecule has 15 heavy (non-hydrogen) atoms. The van der Waals surface area contributed by atoms with E-state index in [9.17, 15) is 4.79 Å². The lowest BCUT2D eigenvalue weighted by Gasteiger charge is -2.14. The fraction of sp³-hybridized carbons (Fsp3) is 0.600. The van der Waals surface area contributed by atoms with Gasteiger partial charge < -0.3 is 10.4 Å². The first-order valence-corrected chi connectivity index (χ1v) is 5.07. The molecule has 0 aliphatic rings. The van der Waals surface area contributed by atoms with Crippen molar-refractivity contribution in [2.24, 2.45) is 7.05 Å². The van der Waals surface area contributed by atoms with E-state index < -0.39 is 5.97 Å². The van der Waals surface area contributed by atoms with Gasteiger partial charge in [0.1, 0.15) is 0 Å². The number of nitrogens with zero attached hydrogens (tertiary/aromatic N) is 2. The van der Waals surface area contributed by atoms with Crippen molar-refractivity contribution in [2.75, 3.05) is 6.54 Å². The number of aryl methyl sites for hydroxylation is 1. The lowest BCUT2D eigenvalue weighted by Crippen LogP contribution is -2.24. The molecule has 5 heteroatoms. The molecule has 84 valence electrons. The minimum Gasteiger partial charge on any atom is -0.481 e. The maximum atomic E-state index is 10.7. The van der Waals surface area contributed by atoms with Crippen LogP contribution in [0.3, 0.4) is 0 Å². The van der Waals surface area contributed by atoms with Crippen molar-refractivity contribution in [1.29, 1.82) is 0 Å². The molecule has 1 aromatic rings. The minimum absolute atomic E-state index is 0.0890. The van der Waals surface area contributed by atoms with Gasteiger partial charge in [0.25, 0.3) is 0 Å². The van der Waals surface area contributed by atoms with Gasteiger partial charge in [-0.25, -0.2) is 0 Å². The summed E-state index contributed by atoms with van der Waals surface area (Å²) in [4.78, 5) is 10.7. The van der Waals surface area contributed by atoms with Crippen molar-refractivity contribution < 1.29 is 9.90 Å². The molecule has 0 aromatic carbocycles. The van der Waals surface area contributed by atoms with E-state index in [4.69, 9.17) is 5.11 Å². The molecule has 1 aromatic heterocycles. The second-order valence-electron chi connectivity index (χ2n) is 3.55. The molecule has 0 radical (unpaired) electrons.